The van der Waals surface area contributed by atoms with E-state index in [9.17, 15) is 14.9 Å². The van der Waals surface area contributed by atoms with Crippen LogP contribution in [0, 0.1) is 30.6 Å². The van der Waals surface area contributed by atoms with Crippen LogP contribution in [0.5, 0.6) is 0 Å². The number of terminal acetylenes is 1. The van der Waals surface area contributed by atoms with Crippen LogP contribution in [0.15, 0.2) is 11.6 Å². The Bertz CT molecular complexity index is 835. The average Bonchev–Trinajstić information content (AvgIpc) is 2.93. The fraction of sp³-hybridized carbons (Fsp3) is 0.316. The number of esters is 1. The van der Waals surface area contributed by atoms with Gasteiger partial charge in [-0.15, -0.1) is 6.42 Å². The van der Waals surface area contributed by atoms with Crippen LogP contribution in [0.4, 0.5) is 0 Å². The van der Waals surface area contributed by atoms with Crippen LogP contribution in [-0.4, -0.2) is 17.0 Å². The molecule has 5 nitrogen and oxygen atoms in total. The number of carboxylic acid groups (broad SMARTS) is 1. The Labute approximate surface area is 140 Å². The van der Waals surface area contributed by atoms with Gasteiger partial charge in [0.15, 0.2) is 0 Å². The third kappa shape index (κ3) is 3.16. The summed E-state index contributed by atoms with van der Waals surface area (Å²) >= 11 is 0. The molecule has 0 radical (unpaired) electrons. The number of hydrogen-bond acceptors (Lipinski definition) is 4. The first kappa shape index (κ1) is 17.3. The van der Waals surface area contributed by atoms with Crippen LogP contribution in [0.2, 0.25) is 0 Å². The number of carbonyl (C=O) groups excluding carboxylic acids is 1. The lowest BCUT2D eigenvalue weighted by Crippen LogP contribution is -2.07. The van der Waals surface area contributed by atoms with Gasteiger partial charge in [0.25, 0.3) is 0 Å². The molecular weight excluding hydrogens is 306 g/mol. The summed E-state index contributed by atoms with van der Waals surface area (Å²) in [4.78, 5) is 22.6. The minimum absolute atomic E-state index is 0.0466. The van der Waals surface area contributed by atoms with E-state index in [2.05, 4.69) is 12.0 Å². The zero-order valence-electron chi connectivity index (χ0n) is 13.6. The van der Waals surface area contributed by atoms with E-state index in [0.29, 0.717) is 35.1 Å². The van der Waals surface area contributed by atoms with Gasteiger partial charge in [0.05, 0.1) is 11.1 Å². The Kier molecular flexibility index (Phi) is 5.06. The number of nitrogens with zero attached hydrogens (tertiary/aromatic N) is 1. The van der Waals surface area contributed by atoms with Crippen molar-refractivity contribution in [2.75, 3.05) is 0 Å². The highest BCUT2D eigenvalue weighted by molar-refractivity contribution is 5.97. The van der Waals surface area contributed by atoms with E-state index in [0.717, 1.165) is 11.1 Å². The highest BCUT2D eigenvalue weighted by Gasteiger charge is 2.30. The topological polar surface area (TPSA) is 87.4 Å². The van der Waals surface area contributed by atoms with E-state index >= 15 is 0 Å². The van der Waals surface area contributed by atoms with Gasteiger partial charge in [-0.2, -0.15) is 5.26 Å². The molecule has 1 aliphatic rings. The fourth-order valence-corrected chi connectivity index (χ4v) is 2.81. The number of ether oxygens (including phenoxy) is 1. The lowest BCUT2D eigenvalue weighted by Gasteiger charge is -2.13. The number of rotatable bonds is 5. The molecule has 0 atom stereocenters. The molecule has 0 aromatic heterocycles. The van der Waals surface area contributed by atoms with Crippen molar-refractivity contribution in [1.29, 1.82) is 5.26 Å². The number of cyclic esters (lactones) is 1. The molecular formula is C19H17NO4. The van der Waals surface area contributed by atoms with Crippen molar-refractivity contribution in [2.24, 2.45) is 0 Å². The monoisotopic (exact) mass is 323 g/mol. The van der Waals surface area contributed by atoms with E-state index < -0.39 is 11.9 Å². The molecule has 0 amide bonds. The summed E-state index contributed by atoms with van der Waals surface area (Å²) in [5.74, 6) is 1.26. The summed E-state index contributed by atoms with van der Waals surface area (Å²) in [6.45, 7) is 3.79. The van der Waals surface area contributed by atoms with Gasteiger partial charge < -0.3 is 9.84 Å². The van der Waals surface area contributed by atoms with Crippen LogP contribution in [-0.2, 0) is 22.6 Å². The minimum Gasteiger partial charge on any atom is -0.481 e. The van der Waals surface area contributed by atoms with Crippen LogP contribution < -0.4 is 0 Å². The van der Waals surface area contributed by atoms with Crippen molar-refractivity contribution in [3.8, 4) is 18.4 Å². The zero-order valence-corrected chi connectivity index (χ0v) is 13.6. The molecule has 0 unspecified atom stereocenters. The average molecular weight is 323 g/mol. The maximum Gasteiger partial charge on any atom is 0.340 e. The molecule has 2 rings (SSSR count). The molecule has 0 aliphatic carbocycles. The van der Waals surface area contributed by atoms with E-state index in [1.54, 1.807) is 0 Å². The summed E-state index contributed by atoms with van der Waals surface area (Å²) in [7, 11) is 0. The van der Waals surface area contributed by atoms with Crippen molar-refractivity contribution in [2.45, 2.75) is 39.7 Å². The largest absolute Gasteiger partial charge is 0.481 e. The quantitative estimate of drug-likeness (QED) is 0.511. The number of carbonyl (C=O) groups is 2. The molecule has 0 spiro atoms. The Balaban J connectivity index is 2.49. The highest BCUT2D eigenvalue weighted by Crippen LogP contribution is 2.33. The molecule has 5 heteroatoms. The Morgan fingerprint density at radius 3 is 2.71 bits per heavy atom. The predicted octanol–water partition coefficient (Wildman–Crippen LogP) is 2.87. The Hall–Kier alpha value is -3.05. The van der Waals surface area contributed by atoms with Gasteiger partial charge in [-0.3, -0.25) is 4.79 Å². The van der Waals surface area contributed by atoms with E-state index in [1.807, 2.05) is 19.9 Å². The SMILES string of the molecule is C#Cc1c(C)c2c(c(C#N)c1CC=C(C)CCC(=O)O)C(=O)OC2. The second kappa shape index (κ2) is 7.02. The number of benzene rings is 1. The molecule has 1 heterocycles. The maximum atomic E-state index is 12.0. The molecule has 0 fully saturated rings. The number of hydrogen-bond donors (Lipinski definition) is 1. The van der Waals surface area contributed by atoms with Gasteiger partial charge in [-0.05, 0) is 37.8 Å². The molecule has 0 saturated heterocycles. The lowest BCUT2D eigenvalue weighted by atomic mass is 9.87. The van der Waals surface area contributed by atoms with Crippen LogP contribution in [0.1, 0.15) is 57.9 Å². The van der Waals surface area contributed by atoms with Crippen molar-refractivity contribution in [3.63, 3.8) is 0 Å². The zero-order chi connectivity index (χ0) is 17.9. The first-order valence-corrected chi connectivity index (χ1v) is 7.50. The molecule has 0 bridgehead atoms. The number of nitriles is 1. The molecule has 122 valence electrons. The molecule has 1 aromatic rings. The summed E-state index contributed by atoms with van der Waals surface area (Å²) in [5.41, 5.74) is 4.14. The smallest absolute Gasteiger partial charge is 0.340 e. The first-order chi connectivity index (χ1) is 11.4. The summed E-state index contributed by atoms with van der Waals surface area (Å²) in [5, 5.41) is 18.3. The van der Waals surface area contributed by atoms with Gasteiger partial charge in [-0.1, -0.05) is 17.6 Å². The third-order valence-corrected chi connectivity index (χ3v) is 4.18. The van der Waals surface area contributed by atoms with Crippen LogP contribution >= 0.6 is 0 Å². The molecule has 1 N–H and O–H groups in total. The first-order valence-electron chi connectivity index (χ1n) is 7.50. The van der Waals surface area contributed by atoms with Gasteiger partial charge in [0, 0.05) is 17.5 Å². The number of allylic oxidation sites excluding steroid dienone is 2. The summed E-state index contributed by atoms with van der Waals surface area (Å²) in [6.07, 6.45) is 8.32. The number of fused-ring (bicyclic) bond motifs is 1. The van der Waals surface area contributed by atoms with Gasteiger partial charge >= 0.3 is 11.9 Å². The second-order valence-corrected chi connectivity index (χ2v) is 5.69. The summed E-state index contributed by atoms with van der Waals surface area (Å²) in [6, 6.07) is 2.08. The molecule has 1 aliphatic heterocycles. The van der Waals surface area contributed by atoms with E-state index in [-0.39, 0.29) is 18.6 Å². The Morgan fingerprint density at radius 1 is 1.42 bits per heavy atom. The molecule has 0 saturated carbocycles. The van der Waals surface area contributed by atoms with Gasteiger partial charge in [0.2, 0.25) is 0 Å². The van der Waals surface area contributed by atoms with E-state index in [4.69, 9.17) is 16.3 Å². The van der Waals surface area contributed by atoms with Crippen LogP contribution in [0.25, 0.3) is 0 Å². The van der Waals surface area contributed by atoms with Crippen LogP contribution in [0.3, 0.4) is 0 Å². The van der Waals surface area contributed by atoms with Gasteiger partial charge in [0.1, 0.15) is 12.7 Å². The molecule has 24 heavy (non-hydrogen) atoms. The lowest BCUT2D eigenvalue weighted by molar-refractivity contribution is -0.136. The van der Waals surface area contributed by atoms with Crippen molar-refractivity contribution in [1.82, 2.24) is 0 Å². The fourth-order valence-electron chi connectivity index (χ4n) is 2.81. The van der Waals surface area contributed by atoms with Crippen molar-refractivity contribution in [3.05, 3.63) is 45.0 Å². The molecule has 1 aromatic carbocycles. The van der Waals surface area contributed by atoms with Gasteiger partial charge in [-0.25, -0.2) is 4.79 Å². The predicted molar refractivity (Wildman–Crippen MR) is 87.3 cm³/mol. The van der Waals surface area contributed by atoms with E-state index in [1.165, 1.54) is 0 Å². The minimum atomic E-state index is -0.860. The normalized spacial score (nSPS) is 13.0. The third-order valence-electron chi connectivity index (χ3n) is 4.18. The second-order valence-electron chi connectivity index (χ2n) is 5.69. The number of aliphatic carboxylic acids is 1. The number of carboxylic acids is 1. The Morgan fingerprint density at radius 2 is 2.12 bits per heavy atom. The van der Waals surface area contributed by atoms with Crippen molar-refractivity contribution < 1.29 is 19.4 Å². The maximum absolute atomic E-state index is 12.0. The highest BCUT2D eigenvalue weighted by atomic mass is 16.5. The summed E-state index contributed by atoms with van der Waals surface area (Å²) < 4.78 is 5.05. The van der Waals surface area contributed by atoms with Crippen molar-refractivity contribution >= 4 is 11.9 Å². The standard InChI is InChI=1S/C19H17NO4/c1-4-13-12(3)16-10-24-19(23)18(16)15(9-20)14(13)7-5-11(2)6-8-17(21)22/h1,5H,6-8,10H2,2-3H3,(H,21,22).